The van der Waals surface area contributed by atoms with Crippen molar-refractivity contribution < 1.29 is 9.18 Å². The summed E-state index contributed by atoms with van der Waals surface area (Å²) in [5.74, 6) is 0.875. The van der Waals surface area contributed by atoms with Crippen LogP contribution in [0.2, 0.25) is 0 Å². The van der Waals surface area contributed by atoms with E-state index in [0.717, 1.165) is 23.4 Å². The Morgan fingerprint density at radius 3 is 2.74 bits per heavy atom. The summed E-state index contributed by atoms with van der Waals surface area (Å²) in [5, 5.41) is 6.66. The van der Waals surface area contributed by atoms with Crippen LogP contribution < -0.4 is 10.6 Å². The number of carbonyl (C=O) groups excluding carboxylic acids is 1. The van der Waals surface area contributed by atoms with Crippen LogP contribution in [-0.4, -0.2) is 5.91 Å². The molecule has 140 valence electrons. The van der Waals surface area contributed by atoms with Gasteiger partial charge in [0.1, 0.15) is 5.82 Å². The highest BCUT2D eigenvalue weighted by Crippen LogP contribution is 2.50. The average molecular weight is 364 g/mol. The molecule has 0 saturated carbocycles. The number of carbonyl (C=O) groups is 1. The van der Waals surface area contributed by atoms with E-state index in [-0.39, 0.29) is 17.8 Å². The summed E-state index contributed by atoms with van der Waals surface area (Å²) in [4.78, 5) is 12.1. The van der Waals surface area contributed by atoms with Gasteiger partial charge in [-0.3, -0.25) is 4.79 Å². The van der Waals surface area contributed by atoms with Gasteiger partial charge in [-0.25, -0.2) is 4.39 Å². The van der Waals surface area contributed by atoms with Crippen molar-refractivity contribution in [2.45, 2.75) is 38.6 Å². The van der Waals surface area contributed by atoms with Gasteiger partial charge in [0.2, 0.25) is 5.91 Å². The number of rotatable bonds is 4. The molecule has 4 heteroatoms. The molecular weight excluding hydrogens is 339 g/mol. The Kier molecular flexibility index (Phi) is 4.73. The lowest BCUT2D eigenvalue weighted by molar-refractivity contribution is -0.116. The van der Waals surface area contributed by atoms with Gasteiger partial charge < -0.3 is 10.6 Å². The van der Waals surface area contributed by atoms with E-state index in [9.17, 15) is 9.18 Å². The molecule has 1 heterocycles. The zero-order valence-electron chi connectivity index (χ0n) is 15.7. The van der Waals surface area contributed by atoms with Crippen molar-refractivity contribution in [3.05, 3.63) is 71.6 Å². The first-order valence-electron chi connectivity index (χ1n) is 9.63. The molecule has 2 aliphatic rings. The van der Waals surface area contributed by atoms with Crippen LogP contribution in [0.3, 0.4) is 0 Å². The Hall–Kier alpha value is -2.62. The molecule has 2 aromatic carbocycles. The van der Waals surface area contributed by atoms with E-state index in [1.54, 1.807) is 0 Å². The van der Waals surface area contributed by atoms with E-state index in [1.807, 2.05) is 38.1 Å². The van der Waals surface area contributed by atoms with Gasteiger partial charge in [-0.2, -0.15) is 0 Å². The Bertz CT molecular complexity index is 872. The fraction of sp³-hybridized carbons (Fsp3) is 0.348. The first kappa shape index (κ1) is 17.8. The van der Waals surface area contributed by atoms with Crippen LogP contribution in [-0.2, 0) is 4.79 Å². The lowest BCUT2D eigenvalue weighted by Gasteiger charge is -2.37. The maximum atomic E-state index is 13.3. The average Bonchev–Trinajstić information content (AvgIpc) is 3.11. The Morgan fingerprint density at radius 1 is 1.22 bits per heavy atom. The standard InChI is InChI=1S/C23H25FN2O/c1-14(2)12-22(27)25-17-10-11-21-20(13-17)18-4-3-5-19(18)23(26-21)15-6-8-16(24)9-7-15/h3-4,6-11,13-14,18-19,23,26H,5,12H2,1-2H3,(H,25,27). The second-order valence-electron chi connectivity index (χ2n) is 7.98. The first-order chi connectivity index (χ1) is 13.0. The minimum absolute atomic E-state index is 0.0522. The molecule has 0 radical (unpaired) electrons. The molecule has 0 bridgehead atoms. The third kappa shape index (κ3) is 3.61. The molecule has 3 nitrogen and oxygen atoms in total. The summed E-state index contributed by atoms with van der Waals surface area (Å²) in [7, 11) is 0. The van der Waals surface area contributed by atoms with Crippen LogP contribution >= 0.6 is 0 Å². The summed E-state index contributed by atoms with van der Waals surface area (Å²) in [6.07, 6.45) is 6.00. The molecule has 3 atom stereocenters. The molecule has 3 unspecified atom stereocenters. The highest BCUT2D eigenvalue weighted by molar-refractivity contribution is 5.91. The number of amides is 1. The molecular formula is C23H25FN2O. The van der Waals surface area contributed by atoms with Gasteiger partial charge >= 0.3 is 0 Å². The highest BCUT2D eigenvalue weighted by atomic mass is 19.1. The quantitative estimate of drug-likeness (QED) is 0.690. The van der Waals surface area contributed by atoms with Crippen LogP contribution in [0.4, 0.5) is 15.8 Å². The third-order valence-electron chi connectivity index (χ3n) is 5.47. The SMILES string of the molecule is CC(C)CC(=O)Nc1ccc2c(c1)C1C=CCC1C(c1ccc(F)cc1)N2. The number of hydrogen-bond acceptors (Lipinski definition) is 2. The number of anilines is 2. The Balaban J connectivity index is 1.61. The van der Waals surface area contributed by atoms with Crippen molar-refractivity contribution in [1.29, 1.82) is 0 Å². The molecule has 1 amide bonds. The van der Waals surface area contributed by atoms with Crippen LogP contribution in [0.1, 0.15) is 49.8 Å². The van der Waals surface area contributed by atoms with Crippen molar-refractivity contribution in [2.75, 3.05) is 10.6 Å². The maximum absolute atomic E-state index is 13.3. The van der Waals surface area contributed by atoms with Crippen molar-refractivity contribution in [1.82, 2.24) is 0 Å². The number of halogens is 1. The summed E-state index contributed by atoms with van der Waals surface area (Å²) >= 11 is 0. The molecule has 27 heavy (non-hydrogen) atoms. The fourth-order valence-electron chi connectivity index (χ4n) is 4.26. The Morgan fingerprint density at radius 2 is 2.00 bits per heavy atom. The van der Waals surface area contributed by atoms with Crippen LogP contribution in [0.5, 0.6) is 0 Å². The van der Waals surface area contributed by atoms with Gasteiger partial charge in [-0.1, -0.05) is 38.1 Å². The Labute approximate surface area is 159 Å². The molecule has 0 fully saturated rings. The molecule has 2 aromatic rings. The van der Waals surface area contributed by atoms with Gasteiger partial charge in [0, 0.05) is 23.7 Å². The minimum atomic E-state index is -0.210. The summed E-state index contributed by atoms with van der Waals surface area (Å²) in [6.45, 7) is 4.08. The molecule has 4 rings (SSSR count). The topological polar surface area (TPSA) is 41.1 Å². The van der Waals surface area contributed by atoms with E-state index >= 15 is 0 Å². The predicted molar refractivity (Wildman–Crippen MR) is 107 cm³/mol. The molecule has 0 saturated heterocycles. The zero-order valence-corrected chi connectivity index (χ0v) is 15.7. The highest BCUT2D eigenvalue weighted by Gasteiger charge is 2.37. The predicted octanol–water partition coefficient (Wildman–Crippen LogP) is 5.64. The molecule has 1 aliphatic heterocycles. The van der Waals surface area contributed by atoms with Crippen LogP contribution in [0.15, 0.2) is 54.6 Å². The van der Waals surface area contributed by atoms with E-state index in [1.165, 1.54) is 17.7 Å². The minimum Gasteiger partial charge on any atom is -0.378 e. The van der Waals surface area contributed by atoms with Crippen LogP contribution in [0.25, 0.3) is 0 Å². The van der Waals surface area contributed by atoms with Crippen LogP contribution in [0, 0.1) is 17.7 Å². The van der Waals surface area contributed by atoms with Crippen molar-refractivity contribution >= 4 is 17.3 Å². The molecule has 0 spiro atoms. The van der Waals surface area contributed by atoms with Crippen molar-refractivity contribution in [3.63, 3.8) is 0 Å². The van der Waals surface area contributed by atoms with Crippen molar-refractivity contribution in [2.24, 2.45) is 11.8 Å². The number of hydrogen-bond donors (Lipinski definition) is 2. The lowest BCUT2D eigenvalue weighted by atomic mass is 9.77. The first-order valence-corrected chi connectivity index (χ1v) is 9.63. The van der Waals surface area contributed by atoms with E-state index in [0.29, 0.717) is 24.2 Å². The number of nitrogens with one attached hydrogen (secondary N) is 2. The summed E-state index contributed by atoms with van der Waals surface area (Å²) in [6, 6.07) is 13.0. The van der Waals surface area contributed by atoms with Gasteiger partial charge in [-0.05, 0) is 59.7 Å². The third-order valence-corrected chi connectivity index (χ3v) is 5.47. The van der Waals surface area contributed by atoms with Gasteiger partial charge in [0.05, 0.1) is 6.04 Å². The smallest absolute Gasteiger partial charge is 0.224 e. The van der Waals surface area contributed by atoms with Gasteiger partial charge in [0.25, 0.3) is 0 Å². The number of allylic oxidation sites excluding steroid dienone is 2. The van der Waals surface area contributed by atoms with Gasteiger partial charge in [0.15, 0.2) is 0 Å². The summed E-state index contributed by atoms with van der Waals surface area (Å²) < 4.78 is 13.3. The second kappa shape index (κ2) is 7.18. The maximum Gasteiger partial charge on any atom is 0.224 e. The molecule has 2 N–H and O–H groups in total. The number of fused-ring (bicyclic) bond motifs is 3. The van der Waals surface area contributed by atoms with Gasteiger partial charge in [-0.15, -0.1) is 0 Å². The van der Waals surface area contributed by atoms with E-state index < -0.39 is 0 Å². The van der Waals surface area contributed by atoms with E-state index in [4.69, 9.17) is 0 Å². The number of benzene rings is 2. The second-order valence-corrected chi connectivity index (χ2v) is 7.98. The normalized spacial score (nSPS) is 22.9. The lowest BCUT2D eigenvalue weighted by Crippen LogP contribution is -2.29. The van der Waals surface area contributed by atoms with Crippen molar-refractivity contribution in [3.8, 4) is 0 Å². The largest absolute Gasteiger partial charge is 0.378 e. The molecule has 1 aliphatic carbocycles. The summed E-state index contributed by atoms with van der Waals surface area (Å²) in [5.41, 5.74) is 4.25. The monoisotopic (exact) mass is 364 g/mol. The molecule has 0 aromatic heterocycles. The zero-order chi connectivity index (χ0) is 19.0. The van der Waals surface area contributed by atoms with E-state index in [2.05, 4.69) is 28.9 Å². The fourth-order valence-corrected chi connectivity index (χ4v) is 4.26.